The molecule has 2 aliphatic rings. The van der Waals surface area contributed by atoms with Gasteiger partial charge in [-0.25, -0.2) is 9.78 Å². The highest BCUT2D eigenvalue weighted by Gasteiger charge is 2.43. The summed E-state index contributed by atoms with van der Waals surface area (Å²) < 4.78 is 22.8. The maximum absolute atomic E-state index is 14.0. The van der Waals surface area contributed by atoms with Crippen molar-refractivity contribution in [3.05, 3.63) is 52.9 Å². The highest BCUT2D eigenvalue weighted by molar-refractivity contribution is 7.13. The molecule has 4 heterocycles. The summed E-state index contributed by atoms with van der Waals surface area (Å²) in [7, 11) is 0. The molecule has 13 nitrogen and oxygen atoms in total. The molecule has 0 bridgehead atoms. The number of hydrogen-bond acceptors (Lipinski definition) is 11. The van der Waals surface area contributed by atoms with Gasteiger partial charge in [-0.05, 0) is 69.7 Å². The molecule has 3 amide bonds. The van der Waals surface area contributed by atoms with Crippen LogP contribution in [0.15, 0.2) is 40.4 Å². The number of carbonyl (C=O) groups excluding carboxylic acids is 3. The second-order valence-electron chi connectivity index (χ2n) is 14.7. The lowest BCUT2D eigenvalue weighted by atomic mass is 9.91. The smallest absolute Gasteiger partial charge is 0.410 e. The van der Waals surface area contributed by atoms with Crippen molar-refractivity contribution < 1.29 is 38.2 Å². The fourth-order valence-electron chi connectivity index (χ4n) is 6.49. The number of likely N-dealkylation sites (tertiary alicyclic amines) is 2. The topological polar surface area (TPSA) is 157 Å². The molecule has 51 heavy (non-hydrogen) atoms. The number of aliphatic hydroxyl groups excluding tert-OH is 1. The summed E-state index contributed by atoms with van der Waals surface area (Å²) in [5.74, 6) is -1.01. The number of hydrogen-bond donors (Lipinski definition) is 2. The van der Waals surface area contributed by atoms with E-state index in [4.69, 9.17) is 18.7 Å². The summed E-state index contributed by atoms with van der Waals surface area (Å²) in [6, 6.07) is 8.45. The molecule has 2 N–H and O–H groups in total. The molecule has 0 spiro atoms. The van der Waals surface area contributed by atoms with Crippen molar-refractivity contribution in [1.29, 1.82) is 0 Å². The van der Waals surface area contributed by atoms with Gasteiger partial charge >= 0.3 is 6.09 Å². The number of benzene rings is 1. The number of piperidine rings is 1. The van der Waals surface area contributed by atoms with Gasteiger partial charge in [0.25, 0.3) is 5.88 Å². The first-order valence-corrected chi connectivity index (χ1v) is 18.6. The Balaban J connectivity index is 1.12. The molecule has 2 fully saturated rings. The van der Waals surface area contributed by atoms with E-state index in [1.54, 1.807) is 22.3 Å². The third-order valence-electron chi connectivity index (χ3n) is 9.17. The number of aromatic nitrogens is 2. The van der Waals surface area contributed by atoms with Crippen LogP contribution < -0.4 is 10.1 Å². The van der Waals surface area contributed by atoms with E-state index in [-0.39, 0.29) is 61.4 Å². The molecule has 0 unspecified atom stereocenters. The van der Waals surface area contributed by atoms with E-state index in [9.17, 15) is 19.5 Å². The predicted molar refractivity (Wildman–Crippen MR) is 191 cm³/mol. The summed E-state index contributed by atoms with van der Waals surface area (Å²) in [6.45, 7) is 14.9. The summed E-state index contributed by atoms with van der Waals surface area (Å²) in [5.41, 5.74) is 4.26. The van der Waals surface area contributed by atoms with Crippen molar-refractivity contribution in [1.82, 2.24) is 25.3 Å². The largest absolute Gasteiger partial charge is 0.473 e. The summed E-state index contributed by atoms with van der Waals surface area (Å²) >= 11 is 1.59. The first kappa shape index (κ1) is 38.2. The van der Waals surface area contributed by atoms with Gasteiger partial charge in [-0.2, -0.15) is 0 Å². The summed E-state index contributed by atoms with van der Waals surface area (Å²) in [5, 5.41) is 17.7. The zero-order valence-corrected chi connectivity index (χ0v) is 31.4. The molecule has 5 rings (SSSR count). The number of nitrogens with one attached hydrogen (secondary N) is 1. The highest BCUT2D eigenvalue weighted by atomic mass is 32.1. The van der Waals surface area contributed by atoms with Gasteiger partial charge in [-0.15, -0.1) is 11.3 Å². The second kappa shape index (κ2) is 16.6. The third kappa shape index (κ3) is 9.86. The van der Waals surface area contributed by atoms with Crippen LogP contribution in [-0.4, -0.2) is 99.7 Å². The first-order chi connectivity index (χ1) is 24.2. The monoisotopic (exact) mass is 725 g/mol. The van der Waals surface area contributed by atoms with Gasteiger partial charge < -0.3 is 39.0 Å². The van der Waals surface area contributed by atoms with Crippen LogP contribution in [0.1, 0.15) is 89.8 Å². The van der Waals surface area contributed by atoms with Gasteiger partial charge in [-0.3, -0.25) is 9.59 Å². The molecule has 0 saturated carbocycles. The number of nitrogens with zero attached hydrogens (tertiary/aromatic N) is 4. The van der Waals surface area contributed by atoms with Crippen molar-refractivity contribution in [3.8, 4) is 16.3 Å². The fourth-order valence-corrected chi connectivity index (χ4v) is 7.31. The maximum Gasteiger partial charge on any atom is 0.410 e. The van der Waals surface area contributed by atoms with E-state index in [1.165, 1.54) is 4.90 Å². The minimum Gasteiger partial charge on any atom is -0.473 e. The molecular formula is C37H51N5O8S. The Labute approximate surface area is 303 Å². The first-order valence-electron chi connectivity index (χ1n) is 17.7. The van der Waals surface area contributed by atoms with Gasteiger partial charge in [-0.1, -0.05) is 38.1 Å². The number of aryl methyl sites for hydroxylation is 1. The quantitative estimate of drug-likeness (QED) is 0.229. The van der Waals surface area contributed by atoms with E-state index < -0.39 is 23.7 Å². The van der Waals surface area contributed by atoms with Crippen molar-refractivity contribution >= 4 is 29.2 Å². The predicted octanol–water partition coefficient (Wildman–Crippen LogP) is 5.48. The van der Waals surface area contributed by atoms with E-state index in [0.717, 1.165) is 21.7 Å². The molecule has 14 heteroatoms. The zero-order chi connectivity index (χ0) is 36.9. The number of ether oxygens (including phenoxy) is 3. The molecule has 1 aromatic carbocycles. The van der Waals surface area contributed by atoms with Gasteiger partial charge in [0.1, 0.15) is 24.2 Å². The van der Waals surface area contributed by atoms with Crippen LogP contribution in [0.4, 0.5) is 4.79 Å². The number of aliphatic hydroxyl groups is 1. The molecule has 2 saturated heterocycles. The van der Waals surface area contributed by atoms with Gasteiger partial charge in [0.15, 0.2) is 5.76 Å². The Hall–Kier alpha value is -4.01. The van der Waals surface area contributed by atoms with Crippen molar-refractivity contribution in [3.63, 3.8) is 0 Å². The molecule has 0 aliphatic carbocycles. The lowest BCUT2D eigenvalue weighted by Crippen LogP contribution is -2.48. The third-order valence-corrected chi connectivity index (χ3v) is 10.1. The van der Waals surface area contributed by atoms with E-state index in [2.05, 4.69) is 15.5 Å². The van der Waals surface area contributed by atoms with Crippen molar-refractivity contribution in [2.45, 2.75) is 104 Å². The van der Waals surface area contributed by atoms with Crippen LogP contribution >= 0.6 is 11.3 Å². The molecule has 2 aliphatic heterocycles. The standard InChI is InChI=1S/C37H51N5O8S/c1-22(2)32(30-19-31(40-50-30)48-17-16-47-28-12-14-41(15-13-28)36(46)49-37(5,6)7)35(45)42-20-27(43)18-29(42)34(44)39-23(3)25-8-10-26(11-9-25)33-24(4)38-21-51-33/h8-11,19,21-23,27-29,32,43H,12-18,20H2,1-7H3,(H,39,44)/t23-,27+,29-,32+/m0/s1. The Morgan fingerprint density at radius 3 is 2.43 bits per heavy atom. The van der Waals surface area contributed by atoms with E-state index >= 15 is 0 Å². The average Bonchev–Trinajstić information content (AvgIpc) is 3.82. The molecule has 0 radical (unpaired) electrons. The number of amides is 3. The molecule has 2 aromatic heterocycles. The van der Waals surface area contributed by atoms with Crippen LogP contribution in [0.25, 0.3) is 10.4 Å². The Kier molecular flexibility index (Phi) is 12.4. The Morgan fingerprint density at radius 1 is 1.10 bits per heavy atom. The lowest BCUT2D eigenvalue weighted by molar-refractivity contribution is -0.141. The number of β-amino-alcohol motifs (C(OH)–C–C–N with tert-alkyl or cyclic N) is 1. The van der Waals surface area contributed by atoms with Gasteiger partial charge in [0.05, 0.1) is 40.9 Å². The highest BCUT2D eigenvalue weighted by Crippen LogP contribution is 2.33. The zero-order valence-electron chi connectivity index (χ0n) is 30.6. The molecular weight excluding hydrogens is 675 g/mol. The van der Waals surface area contributed by atoms with Crippen LogP contribution in [0, 0.1) is 12.8 Å². The van der Waals surface area contributed by atoms with Crippen LogP contribution in [0.3, 0.4) is 0 Å². The minimum absolute atomic E-state index is 0.00565. The number of thiazole rings is 1. The Morgan fingerprint density at radius 2 is 1.80 bits per heavy atom. The SMILES string of the molecule is Cc1ncsc1-c1ccc([C@H](C)NC(=O)[C@@H]2C[C@@H](O)CN2C(=O)[C@@H](c2cc(OCCOC3CCN(C(=O)OC(C)(C)C)CC3)no2)C(C)C)cc1. The van der Waals surface area contributed by atoms with Crippen molar-refractivity contribution in [2.24, 2.45) is 5.92 Å². The van der Waals surface area contributed by atoms with E-state index in [1.807, 2.05) is 78.2 Å². The summed E-state index contributed by atoms with van der Waals surface area (Å²) in [6.07, 6.45) is 0.423. The average molecular weight is 726 g/mol. The van der Waals surface area contributed by atoms with Gasteiger partial charge in [0, 0.05) is 32.1 Å². The Bertz CT molecular complexity index is 1630. The minimum atomic E-state index is -0.831. The number of carbonyl (C=O) groups is 3. The molecule has 4 atom stereocenters. The summed E-state index contributed by atoms with van der Waals surface area (Å²) in [4.78, 5) is 48.5. The number of rotatable bonds is 12. The lowest BCUT2D eigenvalue weighted by Gasteiger charge is -2.33. The van der Waals surface area contributed by atoms with Crippen molar-refractivity contribution in [2.75, 3.05) is 32.8 Å². The molecule has 278 valence electrons. The van der Waals surface area contributed by atoms with Crippen LogP contribution in [0.2, 0.25) is 0 Å². The van der Waals surface area contributed by atoms with Gasteiger partial charge in [0.2, 0.25) is 11.8 Å². The van der Waals surface area contributed by atoms with Crippen LogP contribution in [-0.2, 0) is 19.1 Å². The van der Waals surface area contributed by atoms with Crippen LogP contribution in [0.5, 0.6) is 5.88 Å². The maximum atomic E-state index is 14.0. The fraction of sp³-hybridized carbons (Fsp3) is 0.595. The molecule has 3 aromatic rings. The van der Waals surface area contributed by atoms with E-state index in [0.29, 0.717) is 38.3 Å². The normalized spacial score (nSPS) is 19.6. The second-order valence-corrected chi connectivity index (χ2v) is 15.5.